The molecule has 3 rings (SSSR count). The number of benzene rings is 1. The minimum atomic E-state index is -0.130. The van der Waals surface area contributed by atoms with E-state index in [1.807, 2.05) is 6.07 Å². The number of hydrogen-bond acceptors (Lipinski definition) is 3. The number of hydrogen-bond donors (Lipinski definition) is 3. The highest BCUT2D eigenvalue weighted by Gasteiger charge is 2.38. The molecule has 1 aromatic carbocycles. The zero-order chi connectivity index (χ0) is 14.2. The summed E-state index contributed by atoms with van der Waals surface area (Å²) >= 11 is 0. The van der Waals surface area contributed by atoms with Crippen LogP contribution in [0.4, 0.5) is 0 Å². The summed E-state index contributed by atoms with van der Waals surface area (Å²) in [7, 11) is 0. The van der Waals surface area contributed by atoms with E-state index in [4.69, 9.17) is 0 Å². The molecule has 0 aliphatic heterocycles. The molecule has 1 fully saturated rings. The normalized spacial score (nSPS) is 33.1. The number of phenolic OH excluding ortho intramolecular Hbond substituents is 1. The van der Waals surface area contributed by atoms with E-state index in [1.54, 1.807) is 6.07 Å². The van der Waals surface area contributed by atoms with Crippen molar-refractivity contribution in [3.63, 3.8) is 0 Å². The lowest BCUT2D eigenvalue weighted by Gasteiger charge is -2.41. The Kier molecular flexibility index (Phi) is 3.74. The Bertz CT molecular complexity index is 488. The van der Waals surface area contributed by atoms with E-state index in [0.29, 0.717) is 11.7 Å². The molecule has 0 radical (unpaired) electrons. The number of rotatable bonds is 3. The van der Waals surface area contributed by atoms with E-state index in [0.717, 1.165) is 31.2 Å². The van der Waals surface area contributed by atoms with Crippen LogP contribution in [-0.4, -0.2) is 22.4 Å². The van der Waals surface area contributed by atoms with Crippen LogP contribution in [0.2, 0.25) is 0 Å². The molecule has 2 aliphatic rings. The maximum Gasteiger partial charge on any atom is 0.119 e. The second-order valence-electron chi connectivity index (χ2n) is 6.72. The molecule has 1 aromatic rings. The zero-order valence-corrected chi connectivity index (χ0v) is 12.2. The van der Waals surface area contributed by atoms with Crippen molar-refractivity contribution in [1.29, 1.82) is 0 Å². The molecule has 0 spiro atoms. The van der Waals surface area contributed by atoms with Crippen LogP contribution in [0.3, 0.4) is 0 Å². The van der Waals surface area contributed by atoms with Crippen LogP contribution in [0.15, 0.2) is 18.2 Å². The maximum atomic E-state index is 9.94. The van der Waals surface area contributed by atoms with Gasteiger partial charge in [0, 0.05) is 11.6 Å². The Morgan fingerprint density at radius 3 is 2.95 bits per heavy atom. The van der Waals surface area contributed by atoms with E-state index in [2.05, 4.69) is 18.3 Å². The molecule has 0 amide bonds. The van der Waals surface area contributed by atoms with Gasteiger partial charge < -0.3 is 15.5 Å². The fourth-order valence-corrected chi connectivity index (χ4v) is 4.13. The van der Waals surface area contributed by atoms with Gasteiger partial charge in [0.05, 0.1) is 6.61 Å². The predicted octanol–water partition coefficient (Wildman–Crippen LogP) is 2.91. The first-order valence-corrected chi connectivity index (χ1v) is 7.83. The first-order valence-electron chi connectivity index (χ1n) is 7.83. The maximum absolute atomic E-state index is 9.94. The Labute approximate surface area is 121 Å². The van der Waals surface area contributed by atoms with Gasteiger partial charge in [0.2, 0.25) is 0 Å². The fourth-order valence-electron chi connectivity index (χ4n) is 4.13. The summed E-state index contributed by atoms with van der Waals surface area (Å²) in [4.78, 5) is 0. The lowest BCUT2D eigenvalue weighted by Crippen LogP contribution is -2.52. The smallest absolute Gasteiger partial charge is 0.119 e. The molecule has 3 nitrogen and oxygen atoms in total. The van der Waals surface area contributed by atoms with Gasteiger partial charge in [0.15, 0.2) is 0 Å². The van der Waals surface area contributed by atoms with Crippen molar-refractivity contribution < 1.29 is 10.2 Å². The third-order valence-corrected chi connectivity index (χ3v) is 5.12. The third kappa shape index (κ3) is 2.45. The highest BCUT2D eigenvalue weighted by atomic mass is 16.3. The molecule has 0 heterocycles. The number of aromatic hydroxyl groups is 1. The fraction of sp³-hybridized carbons (Fsp3) is 0.647. The number of fused-ring (bicyclic) bond motifs is 1. The predicted molar refractivity (Wildman–Crippen MR) is 79.8 cm³/mol. The van der Waals surface area contributed by atoms with Crippen molar-refractivity contribution in [3.05, 3.63) is 29.3 Å². The van der Waals surface area contributed by atoms with Crippen LogP contribution in [-0.2, 0) is 6.42 Å². The monoisotopic (exact) mass is 275 g/mol. The second kappa shape index (κ2) is 5.38. The molecule has 0 bridgehead atoms. The quantitative estimate of drug-likeness (QED) is 0.795. The minimum Gasteiger partial charge on any atom is -0.508 e. The number of aliphatic hydroxyl groups excluding tert-OH is 1. The van der Waals surface area contributed by atoms with Crippen LogP contribution in [0, 0.1) is 5.92 Å². The molecule has 0 aromatic heterocycles. The molecule has 3 heteroatoms. The Hall–Kier alpha value is -1.06. The van der Waals surface area contributed by atoms with Gasteiger partial charge >= 0.3 is 0 Å². The van der Waals surface area contributed by atoms with Gasteiger partial charge in [-0.2, -0.15) is 0 Å². The molecule has 20 heavy (non-hydrogen) atoms. The highest BCUT2D eigenvalue weighted by Crippen LogP contribution is 2.40. The van der Waals surface area contributed by atoms with Crippen molar-refractivity contribution in [3.8, 4) is 5.75 Å². The summed E-state index contributed by atoms with van der Waals surface area (Å²) in [6, 6.07) is 6.07. The average Bonchev–Trinajstić information content (AvgIpc) is 2.83. The van der Waals surface area contributed by atoms with Gasteiger partial charge in [-0.25, -0.2) is 0 Å². The van der Waals surface area contributed by atoms with Gasteiger partial charge in [-0.05, 0) is 48.8 Å². The molecule has 3 atom stereocenters. The third-order valence-electron chi connectivity index (χ3n) is 5.12. The second-order valence-corrected chi connectivity index (χ2v) is 6.72. The Morgan fingerprint density at radius 2 is 2.20 bits per heavy atom. The summed E-state index contributed by atoms with van der Waals surface area (Å²) in [5, 5.41) is 23.6. The number of nitrogens with one attached hydrogen (secondary N) is 1. The van der Waals surface area contributed by atoms with Gasteiger partial charge in [0.1, 0.15) is 5.75 Å². The van der Waals surface area contributed by atoms with E-state index >= 15 is 0 Å². The van der Waals surface area contributed by atoms with Crippen LogP contribution < -0.4 is 5.32 Å². The molecular weight excluding hydrogens is 250 g/mol. The van der Waals surface area contributed by atoms with Crippen LogP contribution in [0.25, 0.3) is 0 Å². The summed E-state index contributed by atoms with van der Waals surface area (Å²) in [5.41, 5.74) is 2.17. The van der Waals surface area contributed by atoms with E-state index in [1.165, 1.54) is 18.4 Å². The van der Waals surface area contributed by atoms with Crippen LogP contribution in [0.1, 0.15) is 56.2 Å². The lowest BCUT2D eigenvalue weighted by atomic mass is 9.76. The van der Waals surface area contributed by atoms with Gasteiger partial charge in [0.25, 0.3) is 0 Å². The number of aliphatic hydroxyl groups is 1. The van der Waals surface area contributed by atoms with Crippen LogP contribution in [0.5, 0.6) is 5.75 Å². The van der Waals surface area contributed by atoms with Crippen molar-refractivity contribution in [1.82, 2.24) is 5.32 Å². The van der Waals surface area contributed by atoms with Gasteiger partial charge in [-0.3, -0.25) is 0 Å². The SMILES string of the molecule is CC1CCCC(CO)(NC2CCc3c(O)cccc32)C1. The molecule has 3 unspecified atom stereocenters. The first kappa shape index (κ1) is 13.9. The number of phenols is 1. The summed E-state index contributed by atoms with van der Waals surface area (Å²) in [6.07, 6.45) is 6.51. The average molecular weight is 275 g/mol. The van der Waals surface area contributed by atoms with Crippen molar-refractivity contribution in [2.24, 2.45) is 5.92 Å². The minimum absolute atomic E-state index is 0.130. The molecular formula is C17H25NO2. The standard InChI is InChI=1S/C17H25NO2/c1-12-4-3-9-17(10-12,11-19)18-15-8-7-14-13(15)5-2-6-16(14)20/h2,5-6,12,15,18-20H,3-4,7-11H2,1H3. The largest absolute Gasteiger partial charge is 0.508 e. The Balaban J connectivity index is 1.80. The highest BCUT2D eigenvalue weighted by molar-refractivity contribution is 5.44. The summed E-state index contributed by atoms with van der Waals surface area (Å²) < 4.78 is 0. The molecule has 3 N–H and O–H groups in total. The van der Waals surface area contributed by atoms with E-state index in [-0.39, 0.29) is 18.2 Å². The first-order chi connectivity index (χ1) is 9.63. The lowest BCUT2D eigenvalue weighted by molar-refractivity contribution is 0.0882. The van der Waals surface area contributed by atoms with Crippen LogP contribution >= 0.6 is 0 Å². The molecule has 0 saturated heterocycles. The summed E-state index contributed by atoms with van der Waals surface area (Å²) in [6.45, 7) is 2.49. The zero-order valence-electron chi connectivity index (χ0n) is 12.2. The molecule has 2 aliphatic carbocycles. The topological polar surface area (TPSA) is 52.5 Å². The molecule has 1 saturated carbocycles. The van der Waals surface area contributed by atoms with Crippen molar-refractivity contribution >= 4 is 0 Å². The van der Waals surface area contributed by atoms with E-state index < -0.39 is 0 Å². The van der Waals surface area contributed by atoms with Gasteiger partial charge in [-0.15, -0.1) is 0 Å². The summed E-state index contributed by atoms with van der Waals surface area (Å²) in [5.74, 6) is 1.09. The van der Waals surface area contributed by atoms with E-state index in [9.17, 15) is 10.2 Å². The van der Waals surface area contributed by atoms with Crippen molar-refractivity contribution in [2.75, 3.05) is 6.61 Å². The van der Waals surface area contributed by atoms with Crippen molar-refractivity contribution in [2.45, 2.75) is 57.0 Å². The van der Waals surface area contributed by atoms with Gasteiger partial charge in [-0.1, -0.05) is 31.9 Å². The Morgan fingerprint density at radius 1 is 1.35 bits per heavy atom. The molecule has 110 valence electrons.